The summed E-state index contributed by atoms with van der Waals surface area (Å²) in [6, 6.07) is 1.76. The molecule has 84 valence electrons. The van der Waals surface area contributed by atoms with Gasteiger partial charge in [0.1, 0.15) is 16.1 Å². The van der Waals surface area contributed by atoms with Crippen LogP contribution in [-0.4, -0.2) is 16.5 Å². The number of rotatable bonds is 1. The third kappa shape index (κ3) is 3.45. The molecule has 1 N–H and O–H groups in total. The molecule has 1 saturated heterocycles. The quantitative estimate of drug-likeness (QED) is 0.796. The molecule has 0 aliphatic carbocycles. The zero-order valence-corrected chi connectivity index (χ0v) is 10.4. The first kappa shape index (κ1) is 13.0. The summed E-state index contributed by atoms with van der Waals surface area (Å²) in [7, 11) is 0. The van der Waals surface area contributed by atoms with Gasteiger partial charge in [-0.2, -0.15) is 0 Å². The van der Waals surface area contributed by atoms with Crippen molar-refractivity contribution in [3.8, 4) is 0 Å². The van der Waals surface area contributed by atoms with Gasteiger partial charge in [0.25, 0.3) is 0 Å². The maximum atomic E-state index is 5.81. The number of hydrogen-bond donors (Lipinski definition) is 1. The fraction of sp³-hybridized carbons (Fsp3) is 0.556. The van der Waals surface area contributed by atoms with Crippen LogP contribution in [0.1, 0.15) is 31.1 Å². The Labute approximate surface area is 105 Å². The van der Waals surface area contributed by atoms with Crippen LogP contribution >= 0.6 is 35.6 Å². The zero-order valence-electron chi connectivity index (χ0n) is 8.04. The summed E-state index contributed by atoms with van der Waals surface area (Å²) in [5.41, 5.74) is 0. The Morgan fingerprint density at radius 2 is 1.87 bits per heavy atom. The molecule has 15 heavy (non-hydrogen) atoms. The van der Waals surface area contributed by atoms with Gasteiger partial charge in [0.15, 0.2) is 0 Å². The van der Waals surface area contributed by atoms with Crippen LogP contribution in [0.2, 0.25) is 10.3 Å². The van der Waals surface area contributed by atoms with E-state index in [2.05, 4.69) is 15.3 Å². The molecule has 1 aliphatic rings. The van der Waals surface area contributed by atoms with E-state index in [0.29, 0.717) is 16.1 Å². The molecule has 1 aromatic rings. The standard InChI is InChI=1S/C9H11Cl2N3.ClH/c10-7-5-8(11)14-9(13-7)6-3-1-2-4-12-6;/h5-6,12H,1-4H2;1H. The average Bonchev–Trinajstić information content (AvgIpc) is 2.18. The minimum Gasteiger partial charge on any atom is -0.307 e. The van der Waals surface area contributed by atoms with Crippen LogP contribution < -0.4 is 5.32 Å². The van der Waals surface area contributed by atoms with Crippen LogP contribution in [0.15, 0.2) is 6.07 Å². The van der Waals surface area contributed by atoms with Crippen molar-refractivity contribution in [2.24, 2.45) is 0 Å². The van der Waals surface area contributed by atoms with Gasteiger partial charge >= 0.3 is 0 Å². The smallest absolute Gasteiger partial charge is 0.148 e. The van der Waals surface area contributed by atoms with Crippen LogP contribution in [0.25, 0.3) is 0 Å². The predicted octanol–water partition coefficient (Wildman–Crippen LogP) is 3.02. The highest BCUT2D eigenvalue weighted by Gasteiger charge is 2.18. The molecule has 1 aromatic heterocycles. The van der Waals surface area contributed by atoms with Gasteiger partial charge in [0.2, 0.25) is 0 Å². The molecule has 3 nitrogen and oxygen atoms in total. The second-order valence-electron chi connectivity index (χ2n) is 3.37. The summed E-state index contributed by atoms with van der Waals surface area (Å²) in [4.78, 5) is 8.33. The van der Waals surface area contributed by atoms with Gasteiger partial charge < -0.3 is 5.32 Å². The summed E-state index contributed by atoms with van der Waals surface area (Å²) in [6.07, 6.45) is 3.46. The first-order valence-corrected chi connectivity index (χ1v) is 5.44. The monoisotopic (exact) mass is 267 g/mol. The van der Waals surface area contributed by atoms with E-state index in [1.165, 1.54) is 12.8 Å². The van der Waals surface area contributed by atoms with Gasteiger partial charge in [-0.3, -0.25) is 0 Å². The van der Waals surface area contributed by atoms with Crippen molar-refractivity contribution < 1.29 is 0 Å². The third-order valence-electron chi connectivity index (χ3n) is 2.30. The SMILES string of the molecule is Cl.Clc1cc(Cl)nc(C2CCCCN2)n1. The van der Waals surface area contributed by atoms with Gasteiger partial charge in [0.05, 0.1) is 6.04 Å². The Morgan fingerprint density at radius 1 is 1.20 bits per heavy atom. The second-order valence-corrected chi connectivity index (χ2v) is 4.15. The summed E-state index contributed by atoms with van der Waals surface area (Å²) in [5, 5.41) is 4.17. The van der Waals surface area contributed by atoms with E-state index in [4.69, 9.17) is 23.2 Å². The maximum Gasteiger partial charge on any atom is 0.148 e. The van der Waals surface area contributed by atoms with Gasteiger partial charge in [-0.15, -0.1) is 12.4 Å². The molecule has 0 radical (unpaired) electrons. The van der Waals surface area contributed by atoms with Gasteiger partial charge in [-0.25, -0.2) is 9.97 Å². The molecule has 1 fully saturated rings. The van der Waals surface area contributed by atoms with Crippen molar-refractivity contribution >= 4 is 35.6 Å². The molecular weight excluding hydrogens is 256 g/mol. The van der Waals surface area contributed by atoms with E-state index in [1.54, 1.807) is 6.07 Å². The highest BCUT2D eigenvalue weighted by molar-refractivity contribution is 6.33. The van der Waals surface area contributed by atoms with Crippen LogP contribution in [0.3, 0.4) is 0 Å². The van der Waals surface area contributed by atoms with Crippen molar-refractivity contribution in [1.82, 2.24) is 15.3 Å². The number of halogens is 3. The Hall–Kier alpha value is -0.0900. The fourth-order valence-electron chi connectivity index (χ4n) is 1.63. The van der Waals surface area contributed by atoms with E-state index in [9.17, 15) is 0 Å². The average molecular weight is 269 g/mol. The first-order chi connectivity index (χ1) is 6.75. The highest BCUT2D eigenvalue weighted by Crippen LogP contribution is 2.22. The Morgan fingerprint density at radius 3 is 2.40 bits per heavy atom. The normalized spacial score (nSPS) is 20.8. The lowest BCUT2D eigenvalue weighted by Crippen LogP contribution is -2.28. The molecule has 2 heterocycles. The van der Waals surface area contributed by atoms with E-state index in [-0.39, 0.29) is 18.4 Å². The van der Waals surface area contributed by atoms with Gasteiger partial charge in [-0.1, -0.05) is 29.6 Å². The molecule has 1 unspecified atom stereocenters. The lowest BCUT2D eigenvalue weighted by atomic mass is 10.0. The Kier molecular flexibility index (Phi) is 5.06. The van der Waals surface area contributed by atoms with Crippen molar-refractivity contribution in [2.75, 3.05) is 6.54 Å². The molecule has 0 amide bonds. The first-order valence-electron chi connectivity index (χ1n) is 4.69. The topological polar surface area (TPSA) is 37.8 Å². The Bertz CT molecular complexity index is 306. The zero-order chi connectivity index (χ0) is 9.97. The second kappa shape index (κ2) is 5.85. The van der Waals surface area contributed by atoms with E-state index in [1.807, 2.05) is 0 Å². The summed E-state index contributed by atoms with van der Waals surface area (Å²) in [5.74, 6) is 0.710. The predicted molar refractivity (Wildman–Crippen MR) is 63.9 cm³/mol. The molecule has 1 atom stereocenters. The van der Waals surface area contributed by atoms with Gasteiger partial charge in [-0.05, 0) is 19.4 Å². The number of hydrogen-bond acceptors (Lipinski definition) is 3. The minimum atomic E-state index is 0. The number of nitrogens with one attached hydrogen (secondary N) is 1. The Balaban J connectivity index is 0.00000112. The fourth-order valence-corrected chi connectivity index (χ4v) is 2.07. The lowest BCUT2D eigenvalue weighted by Gasteiger charge is -2.22. The van der Waals surface area contributed by atoms with Crippen LogP contribution in [0, 0.1) is 0 Å². The van der Waals surface area contributed by atoms with Crippen molar-refractivity contribution in [3.63, 3.8) is 0 Å². The molecule has 0 spiro atoms. The number of piperidine rings is 1. The molecule has 0 saturated carbocycles. The molecule has 2 rings (SSSR count). The van der Waals surface area contributed by atoms with Crippen molar-refractivity contribution in [2.45, 2.75) is 25.3 Å². The van der Waals surface area contributed by atoms with Crippen LogP contribution in [-0.2, 0) is 0 Å². The molecular formula is C9H12Cl3N3. The third-order valence-corrected chi connectivity index (χ3v) is 2.69. The molecule has 6 heteroatoms. The highest BCUT2D eigenvalue weighted by atomic mass is 35.5. The van der Waals surface area contributed by atoms with Crippen molar-refractivity contribution in [3.05, 3.63) is 22.2 Å². The summed E-state index contributed by atoms with van der Waals surface area (Å²) in [6.45, 7) is 1.01. The summed E-state index contributed by atoms with van der Waals surface area (Å²) < 4.78 is 0. The summed E-state index contributed by atoms with van der Waals surface area (Å²) >= 11 is 11.6. The molecule has 0 bridgehead atoms. The number of aromatic nitrogens is 2. The number of nitrogens with zero attached hydrogens (tertiary/aromatic N) is 2. The lowest BCUT2D eigenvalue weighted by molar-refractivity contribution is 0.397. The maximum absolute atomic E-state index is 5.81. The largest absolute Gasteiger partial charge is 0.307 e. The van der Waals surface area contributed by atoms with Crippen molar-refractivity contribution in [1.29, 1.82) is 0 Å². The van der Waals surface area contributed by atoms with E-state index >= 15 is 0 Å². The van der Waals surface area contributed by atoms with Crippen LogP contribution in [0.5, 0.6) is 0 Å². The minimum absolute atomic E-state index is 0. The van der Waals surface area contributed by atoms with E-state index < -0.39 is 0 Å². The van der Waals surface area contributed by atoms with E-state index in [0.717, 1.165) is 13.0 Å². The van der Waals surface area contributed by atoms with Crippen LogP contribution in [0.4, 0.5) is 0 Å². The molecule has 0 aromatic carbocycles. The van der Waals surface area contributed by atoms with Gasteiger partial charge in [0, 0.05) is 6.07 Å². The molecule has 1 aliphatic heterocycles.